The number of anilines is 1. The summed E-state index contributed by atoms with van der Waals surface area (Å²) in [5.74, 6) is -0.486. The number of pyridine rings is 1. The summed E-state index contributed by atoms with van der Waals surface area (Å²) in [6.45, 7) is 4.28. The van der Waals surface area contributed by atoms with Gasteiger partial charge in [-0.1, -0.05) is 12.1 Å². The zero-order chi connectivity index (χ0) is 23.1. The molecule has 1 fully saturated rings. The number of piperazine rings is 1. The molecule has 0 aliphatic carbocycles. The molecular formula is C24H21F2N3O2S2. The van der Waals surface area contributed by atoms with Crippen LogP contribution in [0.15, 0.2) is 52.6 Å². The highest BCUT2D eigenvalue weighted by Crippen LogP contribution is 2.34. The van der Waals surface area contributed by atoms with Crippen molar-refractivity contribution in [1.29, 1.82) is 0 Å². The Bertz CT molecular complexity index is 1400. The Kier molecular flexibility index (Phi) is 5.76. The molecule has 1 aliphatic rings. The van der Waals surface area contributed by atoms with E-state index in [9.17, 15) is 18.4 Å². The van der Waals surface area contributed by atoms with Crippen LogP contribution in [0.25, 0.3) is 10.2 Å². The lowest BCUT2D eigenvalue weighted by Gasteiger charge is -2.37. The molecule has 0 atom stereocenters. The predicted octanol–water partition coefficient (Wildman–Crippen LogP) is 4.72. The number of carbonyl (C=O) groups is 1. The molecule has 9 heteroatoms. The minimum Gasteiger partial charge on any atom is -0.366 e. The van der Waals surface area contributed by atoms with Crippen molar-refractivity contribution in [3.05, 3.63) is 85.2 Å². The number of rotatable bonds is 4. The Balaban J connectivity index is 1.43. The maximum atomic E-state index is 13.7. The summed E-state index contributed by atoms with van der Waals surface area (Å²) >= 11 is 2.43. The van der Waals surface area contributed by atoms with Gasteiger partial charge in [0.15, 0.2) is 5.13 Å². The summed E-state index contributed by atoms with van der Waals surface area (Å²) in [5, 5.41) is 1.59. The quantitative estimate of drug-likeness (QED) is 0.420. The second-order valence-corrected chi connectivity index (χ2v) is 9.96. The maximum absolute atomic E-state index is 13.7. The molecule has 5 rings (SSSR count). The number of hydrogen-bond donors (Lipinski definition) is 0. The molecule has 3 aromatic heterocycles. The van der Waals surface area contributed by atoms with Gasteiger partial charge < -0.3 is 14.4 Å². The zero-order valence-corrected chi connectivity index (χ0v) is 19.5. The lowest BCUT2D eigenvalue weighted by atomic mass is 10.1. The predicted molar refractivity (Wildman–Crippen MR) is 129 cm³/mol. The molecule has 1 amide bonds. The lowest BCUT2D eigenvalue weighted by Crippen LogP contribution is -2.49. The molecule has 0 radical (unpaired) electrons. The SMILES string of the molecule is Cc1c(N2CCN(C(=O)c3ccc(F)s3)CC2)c2sccc2n(Cc2cccc(F)c2)c1=O. The number of hydrogen-bond acceptors (Lipinski definition) is 5. The minimum atomic E-state index is -0.369. The van der Waals surface area contributed by atoms with Crippen molar-refractivity contribution < 1.29 is 13.6 Å². The molecule has 4 aromatic rings. The van der Waals surface area contributed by atoms with Crippen molar-refractivity contribution in [2.75, 3.05) is 31.1 Å². The molecule has 1 saturated heterocycles. The number of nitrogens with zero attached hydrogens (tertiary/aromatic N) is 3. The molecule has 0 bridgehead atoms. The van der Waals surface area contributed by atoms with Crippen LogP contribution in [0.4, 0.5) is 14.5 Å². The van der Waals surface area contributed by atoms with Gasteiger partial charge in [-0.15, -0.1) is 22.7 Å². The minimum absolute atomic E-state index is 0.104. The summed E-state index contributed by atoms with van der Waals surface area (Å²) in [6.07, 6.45) is 0. The first kappa shape index (κ1) is 21.8. The van der Waals surface area contributed by atoms with Crippen LogP contribution in [-0.4, -0.2) is 41.6 Å². The van der Waals surface area contributed by atoms with Crippen LogP contribution in [0, 0.1) is 17.9 Å². The summed E-state index contributed by atoms with van der Waals surface area (Å²) in [7, 11) is 0. The van der Waals surface area contributed by atoms with E-state index >= 15 is 0 Å². The van der Waals surface area contributed by atoms with Gasteiger partial charge in [0.2, 0.25) is 0 Å². The molecular weight excluding hydrogens is 464 g/mol. The smallest absolute Gasteiger partial charge is 0.264 e. The molecule has 4 heterocycles. The topological polar surface area (TPSA) is 45.5 Å². The zero-order valence-electron chi connectivity index (χ0n) is 17.9. The number of fused-ring (bicyclic) bond motifs is 1. The molecule has 0 N–H and O–H groups in total. The highest BCUT2D eigenvalue weighted by atomic mass is 32.1. The van der Waals surface area contributed by atoms with E-state index in [1.165, 1.54) is 24.3 Å². The van der Waals surface area contributed by atoms with Gasteiger partial charge in [-0.25, -0.2) is 4.39 Å². The fourth-order valence-electron chi connectivity index (χ4n) is 4.35. The third kappa shape index (κ3) is 4.06. The highest BCUT2D eigenvalue weighted by molar-refractivity contribution is 7.17. The van der Waals surface area contributed by atoms with E-state index in [0.717, 1.165) is 32.8 Å². The first-order valence-corrected chi connectivity index (χ1v) is 12.3. The lowest BCUT2D eigenvalue weighted by molar-refractivity contribution is 0.0751. The van der Waals surface area contributed by atoms with Crippen molar-refractivity contribution in [3.63, 3.8) is 0 Å². The first-order valence-electron chi connectivity index (χ1n) is 10.6. The van der Waals surface area contributed by atoms with E-state index in [1.54, 1.807) is 26.9 Å². The van der Waals surface area contributed by atoms with Crippen molar-refractivity contribution in [1.82, 2.24) is 9.47 Å². The molecule has 0 unspecified atom stereocenters. The van der Waals surface area contributed by atoms with Gasteiger partial charge in [-0.2, -0.15) is 4.39 Å². The molecule has 1 aliphatic heterocycles. The van der Waals surface area contributed by atoms with Crippen LogP contribution in [0.5, 0.6) is 0 Å². The van der Waals surface area contributed by atoms with Crippen molar-refractivity contribution in [3.8, 4) is 0 Å². The molecule has 0 saturated carbocycles. The van der Waals surface area contributed by atoms with Crippen molar-refractivity contribution in [2.24, 2.45) is 0 Å². The largest absolute Gasteiger partial charge is 0.366 e. The summed E-state index contributed by atoms with van der Waals surface area (Å²) < 4.78 is 29.7. The van der Waals surface area contributed by atoms with Crippen LogP contribution < -0.4 is 10.5 Å². The monoisotopic (exact) mass is 485 g/mol. The van der Waals surface area contributed by atoms with Crippen LogP contribution in [0.2, 0.25) is 0 Å². The van der Waals surface area contributed by atoms with E-state index in [2.05, 4.69) is 4.90 Å². The number of halogens is 2. The molecule has 0 spiro atoms. The van der Waals surface area contributed by atoms with E-state index in [4.69, 9.17) is 0 Å². The van der Waals surface area contributed by atoms with Gasteiger partial charge in [0, 0.05) is 31.7 Å². The van der Waals surface area contributed by atoms with Gasteiger partial charge in [0.05, 0.1) is 27.3 Å². The Morgan fingerprint density at radius 2 is 1.85 bits per heavy atom. The molecule has 170 valence electrons. The fourth-order valence-corrected chi connectivity index (χ4v) is 6.07. The van der Waals surface area contributed by atoms with Crippen molar-refractivity contribution in [2.45, 2.75) is 13.5 Å². The van der Waals surface area contributed by atoms with E-state index in [1.807, 2.05) is 24.4 Å². The van der Waals surface area contributed by atoms with E-state index in [0.29, 0.717) is 43.2 Å². The third-order valence-electron chi connectivity index (χ3n) is 5.97. The van der Waals surface area contributed by atoms with Crippen LogP contribution >= 0.6 is 22.7 Å². The second-order valence-electron chi connectivity index (χ2n) is 8.01. The van der Waals surface area contributed by atoms with Crippen LogP contribution in [0.3, 0.4) is 0 Å². The summed E-state index contributed by atoms with van der Waals surface area (Å²) in [5.41, 5.74) is 2.99. The van der Waals surface area contributed by atoms with Crippen LogP contribution in [-0.2, 0) is 6.54 Å². The number of aromatic nitrogens is 1. The summed E-state index contributed by atoms with van der Waals surface area (Å²) in [4.78, 5) is 30.3. The maximum Gasteiger partial charge on any atom is 0.264 e. The normalized spacial score (nSPS) is 14.3. The summed E-state index contributed by atoms with van der Waals surface area (Å²) in [6, 6.07) is 11.0. The fraction of sp³-hybridized carbons (Fsp3) is 0.250. The standard InChI is InChI=1S/C24H21F2N3O2S2/c1-15-21(27-8-10-28(11-9-27)24(31)19-5-6-20(26)33-19)22-18(7-12-32-22)29(23(15)30)14-16-3-2-4-17(25)13-16/h2-7,12-13H,8-11,14H2,1H3. The number of carbonyl (C=O) groups excluding carboxylic acids is 1. The Morgan fingerprint density at radius 1 is 1.06 bits per heavy atom. The molecule has 33 heavy (non-hydrogen) atoms. The molecule has 5 nitrogen and oxygen atoms in total. The average molecular weight is 486 g/mol. The van der Waals surface area contributed by atoms with Gasteiger partial charge in [-0.3, -0.25) is 9.59 Å². The van der Waals surface area contributed by atoms with Gasteiger partial charge >= 0.3 is 0 Å². The average Bonchev–Trinajstić information content (AvgIpc) is 3.46. The van der Waals surface area contributed by atoms with E-state index in [-0.39, 0.29) is 22.4 Å². The number of benzene rings is 1. The second kappa shape index (κ2) is 8.72. The van der Waals surface area contributed by atoms with E-state index < -0.39 is 0 Å². The van der Waals surface area contributed by atoms with Crippen LogP contribution in [0.1, 0.15) is 20.8 Å². The Labute approximate surface area is 197 Å². The third-order valence-corrected chi connectivity index (χ3v) is 7.74. The van der Waals surface area contributed by atoms with Crippen molar-refractivity contribution >= 4 is 44.5 Å². The number of amides is 1. The number of thiophene rings is 2. The van der Waals surface area contributed by atoms with Gasteiger partial charge in [0.1, 0.15) is 5.82 Å². The van der Waals surface area contributed by atoms with Gasteiger partial charge in [0.25, 0.3) is 11.5 Å². The Hall–Kier alpha value is -3.04. The first-order chi connectivity index (χ1) is 15.9. The highest BCUT2D eigenvalue weighted by Gasteiger charge is 2.27. The van der Waals surface area contributed by atoms with Gasteiger partial charge in [-0.05, 0) is 48.2 Å². The molecule has 1 aromatic carbocycles. The Morgan fingerprint density at radius 3 is 2.55 bits per heavy atom.